The number of aryl methyl sites for hydroxylation is 1. The first kappa shape index (κ1) is 19.7. The SMILES string of the molecule is CCC(CCCc1ccsc1C(C)(C)C)(CC(=O)O)CC(=O)O. The van der Waals surface area contributed by atoms with Crippen molar-refractivity contribution in [3.05, 3.63) is 21.9 Å². The monoisotopic (exact) mass is 340 g/mol. The minimum Gasteiger partial charge on any atom is -0.481 e. The average Bonchev–Trinajstić information content (AvgIpc) is 2.85. The molecule has 23 heavy (non-hydrogen) atoms. The minimum absolute atomic E-state index is 0.0778. The highest BCUT2D eigenvalue weighted by Crippen LogP contribution is 2.38. The Hall–Kier alpha value is -1.36. The van der Waals surface area contributed by atoms with E-state index in [-0.39, 0.29) is 18.3 Å². The van der Waals surface area contributed by atoms with Gasteiger partial charge in [0, 0.05) is 4.88 Å². The van der Waals surface area contributed by atoms with Crippen LogP contribution in [0.3, 0.4) is 0 Å². The van der Waals surface area contributed by atoms with Crippen LogP contribution in [0, 0.1) is 5.41 Å². The lowest BCUT2D eigenvalue weighted by Crippen LogP contribution is -2.27. The average molecular weight is 340 g/mol. The Kier molecular flexibility index (Phi) is 6.81. The number of carboxylic acids is 2. The Morgan fingerprint density at radius 3 is 2.13 bits per heavy atom. The zero-order valence-electron chi connectivity index (χ0n) is 14.5. The molecule has 0 atom stereocenters. The van der Waals surface area contributed by atoms with Gasteiger partial charge in [0.1, 0.15) is 0 Å². The molecule has 0 bridgehead atoms. The molecule has 0 unspecified atom stereocenters. The van der Waals surface area contributed by atoms with Gasteiger partial charge in [0.2, 0.25) is 0 Å². The summed E-state index contributed by atoms with van der Waals surface area (Å²) < 4.78 is 0. The number of hydrogen-bond acceptors (Lipinski definition) is 3. The van der Waals surface area contributed by atoms with Crippen LogP contribution in [0.15, 0.2) is 11.4 Å². The zero-order valence-corrected chi connectivity index (χ0v) is 15.3. The van der Waals surface area contributed by atoms with E-state index in [2.05, 4.69) is 32.2 Å². The number of carbonyl (C=O) groups is 2. The predicted molar refractivity (Wildman–Crippen MR) is 93.2 cm³/mol. The Labute approximate surface area is 142 Å². The van der Waals surface area contributed by atoms with Crippen LogP contribution in [0.25, 0.3) is 0 Å². The lowest BCUT2D eigenvalue weighted by molar-refractivity contribution is -0.144. The highest BCUT2D eigenvalue weighted by atomic mass is 32.1. The number of rotatable bonds is 9. The summed E-state index contributed by atoms with van der Waals surface area (Å²) in [5.41, 5.74) is 0.765. The summed E-state index contributed by atoms with van der Waals surface area (Å²) in [4.78, 5) is 23.6. The molecular formula is C18H28O4S. The smallest absolute Gasteiger partial charge is 0.303 e. The van der Waals surface area contributed by atoms with Crippen LogP contribution in [-0.2, 0) is 21.4 Å². The van der Waals surface area contributed by atoms with Crippen LogP contribution in [-0.4, -0.2) is 22.2 Å². The molecule has 130 valence electrons. The van der Waals surface area contributed by atoms with Crippen molar-refractivity contribution in [1.82, 2.24) is 0 Å². The molecule has 0 aromatic carbocycles. The lowest BCUT2D eigenvalue weighted by Gasteiger charge is -2.30. The van der Waals surface area contributed by atoms with E-state index in [4.69, 9.17) is 10.2 Å². The van der Waals surface area contributed by atoms with Crippen LogP contribution in [0.5, 0.6) is 0 Å². The summed E-state index contributed by atoms with van der Waals surface area (Å²) in [6.45, 7) is 8.45. The third-order valence-electron chi connectivity index (χ3n) is 4.38. The molecule has 0 spiro atoms. The van der Waals surface area contributed by atoms with Gasteiger partial charge in [-0.2, -0.15) is 0 Å². The van der Waals surface area contributed by atoms with Gasteiger partial charge in [0.15, 0.2) is 0 Å². The maximum Gasteiger partial charge on any atom is 0.303 e. The van der Waals surface area contributed by atoms with Crippen molar-refractivity contribution in [2.45, 2.75) is 71.6 Å². The first-order chi connectivity index (χ1) is 10.6. The van der Waals surface area contributed by atoms with Crippen molar-refractivity contribution in [2.75, 3.05) is 0 Å². The quantitative estimate of drug-likeness (QED) is 0.682. The summed E-state index contributed by atoms with van der Waals surface area (Å²) in [7, 11) is 0. The Bertz CT molecular complexity index is 523. The molecule has 1 rings (SSSR count). The molecule has 0 radical (unpaired) electrons. The van der Waals surface area contributed by atoms with Crippen molar-refractivity contribution < 1.29 is 19.8 Å². The van der Waals surface area contributed by atoms with Gasteiger partial charge < -0.3 is 10.2 Å². The summed E-state index contributed by atoms with van der Waals surface area (Å²) in [6.07, 6.45) is 2.73. The molecule has 1 aromatic rings. The van der Waals surface area contributed by atoms with Crippen molar-refractivity contribution in [3.8, 4) is 0 Å². The summed E-state index contributed by atoms with van der Waals surface area (Å²) in [5.74, 6) is -1.84. The molecule has 0 fully saturated rings. The van der Waals surface area contributed by atoms with Crippen molar-refractivity contribution >= 4 is 23.3 Å². The van der Waals surface area contributed by atoms with E-state index in [0.717, 1.165) is 12.8 Å². The Morgan fingerprint density at radius 1 is 1.13 bits per heavy atom. The van der Waals surface area contributed by atoms with Crippen LogP contribution in [0.4, 0.5) is 0 Å². The molecule has 5 heteroatoms. The Morgan fingerprint density at radius 2 is 1.70 bits per heavy atom. The van der Waals surface area contributed by atoms with Gasteiger partial charge >= 0.3 is 11.9 Å². The fourth-order valence-corrected chi connectivity index (χ4v) is 4.20. The van der Waals surface area contributed by atoms with Crippen molar-refractivity contribution in [1.29, 1.82) is 0 Å². The van der Waals surface area contributed by atoms with Crippen LogP contribution in [0.2, 0.25) is 0 Å². The highest BCUT2D eigenvalue weighted by molar-refractivity contribution is 7.10. The number of carboxylic acid groups (broad SMARTS) is 2. The molecule has 4 nitrogen and oxygen atoms in total. The van der Waals surface area contributed by atoms with Crippen molar-refractivity contribution in [2.24, 2.45) is 5.41 Å². The van der Waals surface area contributed by atoms with Gasteiger partial charge in [-0.3, -0.25) is 9.59 Å². The first-order valence-electron chi connectivity index (χ1n) is 8.10. The molecule has 2 N–H and O–H groups in total. The molecular weight excluding hydrogens is 312 g/mol. The second kappa shape index (κ2) is 7.95. The van der Waals surface area contributed by atoms with Gasteiger partial charge in [0.05, 0.1) is 12.8 Å². The van der Waals surface area contributed by atoms with Crippen LogP contribution in [0.1, 0.15) is 70.2 Å². The predicted octanol–water partition coefficient (Wildman–Crippen LogP) is 4.71. The van der Waals surface area contributed by atoms with Gasteiger partial charge in [-0.15, -0.1) is 11.3 Å². The van der Waals surface area contributed by atoms with Crippen molar-refractivity contribution in [3.63, 3.8) is 0 Å². The van der Waals surface area contributed by atoms with Gasteiger partial charge in [-0.1, -0.05) is 27.7 Å². The van der Waals surface area contributed by atoms with E-state index >= 15 is 0 Å². The number of aliphatic carboxylic acids is 2. The fourth-order valence-electron chi connectivity index (χ4n) is 3.15. The molecule has 0 amide bonds. The van der Waals surface area contributed by atoms with Gasteiger partial charge in [-0.05, 0) is 53.5 Å². The summed E-state index contributed by atoms with van der Waals surface area (Å²) in [6, 6.07) is 2.13. The maximum atomic E-state index is 11.1. The highest BCUT2D eigenvalue weighted by Gasteiger charge is 2.33. The van der Waals surface area contributed by atoms with E-state index in [9.17, 15) is 9.59 Å². The van der Waals surface area contributed by atoms with E-state index in [0.29, 0.717) is 12.8 Å². The number of thiophene rings is 1. The molecule has 0 aliphatic rings. The van der Waals surface area contributed by atoms with Crippen LogP contribution < -0.4 is 0 Å². The first-order valence-corrected chi connectivity index (χ1v) is 8.98. The second-order valence-corrected chi connectivity index (χ2v) is 8.29. The summed E-state index contributed by atoms with van der Waals surface area (Å²) in [5, 5.41) is 20.4. The topological polar surface area (TPSA) is 74.6 Å². The van der Waals surface area contributed by atoms with Gasteiger partial charge in [-0.25, -0.2) is 0 Å². The standard InChI is InChI=1S/C18H28O4S/c1-5-18(11-14(19)20,12-15(21)22)9-6-7-13-8-10-23-16(13)17(2,3)4/h8,10H,5-7,9,11-12H2,1-4H3,(H,19,20)(H,21,22). The van der Waals surface area contributed by atoms with E-state index in [1.54, 1.807) is 11.3 Å². The molecule has 0 saturated carbocycles. The van der Waals surface area contributed by atoms with Crippen LogP contribution >= 0.6 is 11.3 Å². The normalized spacial score (nSPS) is 12.3. The third-order valence-corrected chi connectivity index (χ3v) is 5.77. The Balaban J connectivity index is 2.78. The van der Waals surface area contributed by atoms with E-state index in [1.807, 2.05) is 6.92 Å². The maximum absolute atomic E-state index is 11.1. The fraction of sp³-hybridized carbons (Fsp3) is 0.667. The van der Waals surface area contributed by atoms with E-state index in [1.165, 1.54) is 10.4 Å². The number of hydrogen-bond donors (Lipinski definition) is 2. The largest absolute Gasteiger partial charge is 0.481 e. The lowest BCUT2D eigenvalue weighted by atomic mass is 9.74. The zero-order chi connectivity index (χ0) is 17.7. The van der Waals surface area contributed by atoms with Gasteiger partial charge in [0.25, 0.3) is 0 Å². The second-order valence-electron chi connectivity index (χ2n) is 7.37. The molecule has 1 heterocycles. The molecule has 0 aliphatic carbocycles. The summed E-state index contributed by atoms with van der Waals surface area (Å²) >= 11 is 1.75. The molecule has 0 aliphatic heterocycles. The minimum atomic E-state index is -0.918. The molecule has 0 saturated heterocycles. The third kappa shape index (κ3) is 5.98. The molecule has 1 aromatic heterocycles. The van der Waals surface area contributed by atoms with E-state index < -0.39 is 17.4 Å².